The topological polar surface area (TPSA) is 46.2 Å². The normalized spacial score (nSPS) is 14.1. The monoisotopic (exact) mass is 275 g/mol. The van der Waals surface area contributed by atoms with Gasteiger partial charge >= 0.3 is 0 Å². The fourth-order valence-corrected chi connectivity index (χ4v) is 2.53. The Balaban J connectivity index is 2.35. The molecular weight excluding hydrogens is 258 g/mol. The Morgan fingerprint density at radius 2 is 1.89 bits per heavy atom. The predicted octanol–water partition coefficient (Wildman–Crippen LogP) is 3.42. The van der Waals surface area contributed by atoms with Crippen LogP contribution < -0.4 is 5.73 Å². The fourth-order valence-electron chi connectivity index (χ4n) is 2.28. The molecule has 0 aromatic heterocycles. The molecule has 2 aromatic carbocycles. The van der Waals surface area contributed by atoms with Gasteiger partial charge in [-0.15, -0.1) is 0 Å². The molecule has 0 aliphatic rings. The first kappa shape index (κ1) is 14.1. The van der Waals surface area contributed by atoms with Crippen molar-refractivity contribution in [2.24, 2.45) is 5.73 Å². The van der Waals surface area contributed by atoms with E-state index in [1.54, 1.807) is 6.07 Å². The molecule has 0 saturated carbocycles. The second-order valence-electron chi connectivity index (χ2n) is 4.72. The van der Waals surface area contributed by atoms with E-state index in [1.165, 1.54) is 0 Å². The van der Waals surface area contributed by atoms with Gasteiger partial charge in [0.15, 0.2) is 0 Å². The van der Waals surface area contributed by atoms with E-state index in [9.17, 15) is 5.11 Å². The van der Waals surface area contributed by atoms with Crippen LogP contribution in [0.2, 0.25) is 5.02 Å². The minimum atomic E-state index is -0.694. The van der Waals surface area contributed by atoms with Crippen LogP contribution in [0, 0.1) is 6.92 Å². The summed E-state index contributed by atoms with van der Waals surface area (Å²) in [5, 5.41) is 11.1. The molecule has 0 spiro atoms. The van der Waals surface area contributed by atoms with E-state index in [-0.39, 0.29) is 5.92 Å². The summed E-state index contributed by atoms with van der Waals surface area (Å²) in [6, 6.07) is 15.4. The van der Waals surface area contributed by atoms with Gasteiger partial charge in [0, 0.05) is 17.5 Å². The third kappa shape index (κ3) is 3.16. The van der Waals surface area contributed by atoms with Crippen molar-refractivity contribution < 1.29 is 5.11 Å². The van der Waals surface area contributed by atoms with Crippen molar-refractivity contribution in [2.75, 3.05) is 6.54 Å². The van der Waals surface area contributed by atoms with E-state index >= 15 is 0 Å². The van der Waals surface area contributed by atoms with E-state index in [0.717, 1.165) is 16.7 Å². The van der Waals surface area contributed by atoms with E-state index < -0.39 is 6.10 Å². The van der Waals surface area contributed by atoms with E-state index in [1.807, 2.05) is 43.3 Å². The molecule has 0 amide bonds. The summed E-state index contributed by atoms with van der Waals surface area (Å²) in [5.74, 6) is -0.153. The Morgan fingerprint density at radius 1 is 1.16 bits per heavy atom. The number of rotatable bonds is 4. The molecule has 3 N–H and O–H groups in total. The number of aliphatic hydroxyl groups excluding tert-OH is 1. The summed E-state index contributed by atoms with van der Waals surface area (Å²) < 4.78 is 0. The molecule has 0 aliphatic carbocycles. The maximum absolute atomic E-state index is 10.5. The van der Waals surface area contributed by atoms with Crippen molar-refractivity contribution in [1.29, 1.82) is 0 Å². The molecule has 2 rings (SSSR count). The van der Waals surface area contributed by atoms with Crippen LogP contribution in [0.1, 0.15) is 28.7 Å². The summed E-state index contributed by atoms with van der Waals surface area (Å²) in [6.45, 7) is 2.40. The molecule has 3 heteroatoms. The Morgan fingerprint density at radius 3 is 2.53 bits per heavy atom. The Kier molecular flexibility index (Phi) is 4.59. The molecule has 2 aromatic rings. The quantitative estimate of drug-likeness (QED) is 0.898. The van der Waals surface area contributed by atoms with Crippen LogP contribution in [0.25, 0.3) is 0 Å². The van der Waals surface area contributed by atoms with Gasteiger partial charge in [0.25, 0.3) is 0 Å². The molecule has 0 saturated heterocycles. The molecule has 2 unspecified atom stereocenters. The first-order valence-corrected chi connectivity index (χ1v) is 6.70. The van der Waals surface area contributed by atoms with Crippen LogP contribution in [0.3, 0.4) is 0 Å². The molecule has 0 aliphatic heterocycles. The zero-order valence-electron chi connectivity index (χ0n) is 10.9. The highest BCUT2D eigenvalue weighted by Gasteiger charge is 2.23. The minimum absolute atomic E-state index is 0.153. The highest BCUT2D eigenvalue weighted by atomic mass is 35.5. The minimum Gasteiger partial charge on any atom is -0.388 e. The molecule has 2 atom stereocenters. The lowest BCUT2D eigenvalue weighted by atomic mass is 9.88. The van der Waals surface area contributed by atoms with Gasteiger partial charge in [-0.3, -0.25) is 0 Å². The lowest BCUT2D eigenvalue weighted by Crippen LogP contribution is -2.20. The van der Waals surface area contributed by atoms with Gasteiger partial charge < -0.3 is 10.8 Å². The largest absolute Gasteiger partial charge is 0.388 e. The third-order valence-corrected chi connectivity index (χ3v) is 3.67. The van der Waals surface area contributed by atoms with E-state index in [4.69, 9.17) is 17.3 Å². The van der Waals surface area contributed by atoms with Gasteiger partial charge in [-0.1, -0.05) is 59.6 Å². The number of halogens is 1. The fraction of sp³-hybridized carbons (Fsp3) is 0.250. The summed E-state index contributed by atoms with van der Waals surface area (Å²) in [5.41, 5.74) is 8.76. The van der Waals surface area contributed by atoms with Crippen LogP contribution in [-0.2, 0) is 0 Å². The Labute approximate surface area is 118 Å². The number of aryl methyl sites for hydroxylation is 1. The van der Waals surface area contributed by atoms with Crippen LogP contribution >= 0.6 is 11.6 Å². The van der Waals surface area contributed by atoms with Crippen LogP contribution in [-0.4, -0.2) is 11.7 Å². The van der Waals surface area contributed by atoms with Gasteiger partial charge in [0.05, 0.1) is 6.10 Å². The molecule has 0 heterocycles. The van der Waals surface area contributed by atoms with Crippen molar-refractivity contribution in [2.45, 2.75) is 18.9 Å². The van der Waals surface area contributed by atoms with Crippen molar-refractivity contribution in [1.82, 2.24) is 0 Å². The molecule has 0 bridgehead atoms. The second kappa shape index (κ2) is 6.20. The maximum atomic E-state index is 10.5. The van der Waals surface area contributed by atoms with Gasteiger partial charge in [-0.25, -0.2) is 0 Å². The van der Waals surface area contributed by atoms with Crippen molar-refractivity contribution in [3.8, 4) is 0 Å². The zero-order valence-corrected chi connectivity index (χ0v) is 11.6. The van der Waals surface area contributed by atoms with Crippen molar-refractivity contribution in [3.05, 3.63) is 70.2 Å². The van der Waals surface area contributed by atoms with Gasteiger partial charge in [-0.05, 0) is 24.1 Å². The smallest absolute Gasteiger partial charge is 0.0885 e. The first-order chi connectivity index (χ1) is 9.13. The number of hydrogen-bond acceptors (Lipinski definition) is 2. The van der Waals surface area contributed by atoms with E-state index in [0.29, 0.717) is 11.6 Å². The predicted molar refractivity (Wildman–Crippen MR) is 79.4 cm³/mol. The lowest BCUT2D eigenvalue weighted by Gasteiger charge is -2.23. The molecule has 0 radical (unpaired) electrons. The number of hydrogen-bond donors (Lipinski definition) is 2. The van der Waals surface area contributed by atoms with Crippen LogP contribution in [0.5, 0.6) is 0 Å². The highest BCUT2D eigenvalue weighted by molar-refractivity contribution is 6.31. The third-order valence-electron chi connectivity index (χ3n) is 3.33. The van der Waals surface area contributed by atoms with Gasteiger partial charge in [0.2, 0.25) is 0 Å². The van der Waals surface area contributed by atoms with Crippen molar-refractivity contribution >= 4 is 11.6 Å². The number of nitrogens with two attached hydrogens (primary N) is 1. The van der Waals surface area contributed by atoms with Gasteiger partial charge in [-0.2, -0.15) is 0 Å². The van der Waals surface area contributed by atoms with E-state index in [2.05, 4.69) is 6.07 Å². The lowest BCUT2D eigenvalue weighted by molar-refractivity contribution is 0.147. The summed E-state index contributed by atoms with van der Waals surface area (Å²) in [4.78, 5) is 0. The van der Waals surface area contributed by atoms with Crippen LogP contribution in [0.4, 0.5) is 0 Å². The maximum Gasteiger partial charge on any atom is 0.0885 e. The zero-order chi connectivity index (χ0) is 13.8. The first-order valence-electron chi connectivity index (χ1n) is 6.32. The van der Waals surface area contributed by atoms with Crippen molar-refractivity contribution in [3.63, 3.8) is 0 Å². The molecular formula is C16H18ClNO. The Hall–Kier alpha value is -1.35. The average Bonchev–Trinajstić information content (AvgIpc) is 2.40. The summed E-state index contributed by atoms with van der Waals surface area (Å²) in [7, 11) is 0. The number of benzene rings is 2. The summed E-state index contributed by atoms with van der Waals surface area (Å²) >= 11 is 6.14. The molecule has 2 nitrogen and oxygen atoms in total. The van der Waals surface area contributed by atoms with Gasteiger partial charge in [0.1, 0.15) is 0 Å². The second-order valence-corrected chi connectivity index (χ2v) is 5.13. The molecule has 19 heavy (non-hydrogen) atoms. The highest BCUT2D eigenvalue weighted by Crippen LogP contribution is 2.33. The summed E-state index contributed by atoms with van der Waals surface area (Å²) in [6.07, 6.45) is -0.694. The molecule has 100 valence electrons. The number of aliphatic hydroxyl groups is 1. The van der Waals surface area contributed by atoms with Crippen LogP contribution in [0.15, 0.2) is 48.5 Å². The Bertz CT molecular complexity index is 556. The SMILES string of the molecule is Cc1cccc(C(CN)C(O)c2ccccc2Cl)c1. The standard InChI is InChI=1S/C16H18ClNO/c1-11-5-4-6-12(9-11)14(10-18)16(19)13-7-2-3-8-15(13)17/h2-9,14,16,19H,10,18H2,1H3. The average molecular weight is 276 g/mol. The molecule has 0 fully saturated rings.